The number of nitrogens with zero attached hydrogens (tertiary/aromatic N) is 3. The van der Waals surface area contributed by atoms with Gasteiger partial charge in [-0.1, -0.05) is 0 Å². The summed E-state index contributed by atoms with van der Waals surface area (Å²) in [5.74, 6) is 0. The summed E-state index contributed by atoms with van der Waals surface area (Å²) >= 11 is 0. The lowest BCUT2D eigenvalue weighted by molar-refractivity contribution is 0.158. The molecule has 1 aromatic heterocycles. The molecule has 6 nitrogen and oxygen atoms in total. The molecule has 0 aliphatic heterocycles. The van der Waals surface area contributed by atoms with E-state index in [1.165, 1.54) is 0 Å². The molecule has 0 bridgehead atoms. The predicted molar refractivity (Wildman–Crippen MR) is 69.3 cm³/mol. The van der Waals surface area contributed by atoms with Crippen molar-refractivity contribution >= 4 is 6.03 Å². The monoisotopic (exact) mass is 254 g/mol. The van der Waals surface area contributed by atoms with E-state index in [4.69, 9.17) is 4.74 Å². The van der Waals surface area contributed by atoms with E-state index in [0.29, 0.717) is 13.2 Å². The molecule has 0 aliphatic carbocycles. The van der Waals surface area contributed by atoms with Gasteiger partial charge in [0, 0.05) is 45.7 Å². The highest BCUT2D eigenvalue weighted by atomic mass is 16.5. The molecule has 0 saturated heterocycles. The van der Waals surface area contributed by atoms with Crippen LogP contribution in [0.15, 0.2) is 18.5 Å². The van der Waals surface area contributed by atoms with Crippen LogP contribution in [0.5, 0.6) is 0 Å². The molecule has 0 spiro atoms. The van der Waals surface area contributed by atoms with E-state index in [1.807, 2.05) is 23.9 Å². The second-order valence-electron chi connectivity index (χ2n) is 4.32. The largest absolute Gasteiger partial charge is 0.383 e. The van der Waals surface area contributed by atoms with Gasteiger partial charge in [0.15, 0.2) is 0 Å². The van der Waals surface area contributed by atoms with Gasteiger partial charge >= 0.3 is 6.03 Å². The van der Waals surface area contributed by atoms with Gasteiger partial charge in [0.1, 0.15) is 0 Å². The summed E-state index contributed by atoms with van der Waals surface area (Å²) in [6, 6.07) is 1.94. The maximum Gasteiger partial charge on any atom is 0.317 e. The third-order valence-corrected chi connectivity index (χ3v) is 2.70. The van der Waals surface area contributed by atoms with Crippen LogP contribution in [-0.2, 0) is 11.3 Å². The lowest BCUT2D eigenvalue weighted by Crippen LogP contribution is -2.43. The first-order chi connectivity index (χ1) is 8.63. The molecule has 1 N–H and O–H groups in total. The van der Waals surface area contributed by atoms with Gasteiger partial charge in [-0.2, -0.15) is 5.10 Å². The van der Waals surface area contributed by atoms with Crippen molar-refractivity contribution in [3.8, 4) is 0 Å². The van der Waals surface area contributed by atoms with Crippen LogP contribution in [0.4, 0.5) is 4.79 Å². The Morgan fingerprint density at radius 3 is 3.00 bits per heavy atom. The summed E-state index contributed by atoms with van der Waals surface area (Å²) in [4.78, 5) is 13.4. The third kappa shape index (κ3) is 5.18. The first-order valence-electron chi connectivity index (χ1n) is 6.11. The van der Waals surface area contributed by atoms with E-state index in [0.717, 1.165) is 13.0 Å². The SMILES string of the molecule is COCCN(C)C(=O)NC(C)CCn1cccn1. The van der Waals surface area contributed by atoms with Crippen LogP contribution in [0.2, 0.25) is 0 Å². The number of ether oxygens (including phenoxy) is 1. The number of likely N-dealkylation sites (N-methyl/N-ethyl adjacent to an activating group) is 1. The molecule has 2 amide bonds. The first-order valence-corrected chi connectivity index (χ1v) is 6.11. The highest BCUT2D eigenvalue weighted by molar-refractivity contribution is 5.74. The predicted octanol–water partition coefficient (Wildman–Crippen LogP) is 0.949. The number of aromatic nitrogens is 2. The van der Waals surface area contributed by atoms with Crippen molar-refractivity contribution < 1.29 is 9.53 Å². The Hall–Kier alpha value is -1.56. The zero-order valence-corrected chi connectivity index (χ0v) is 11.3. The number of amides is 2. The standard InChI is InChI=1S/C12H22N4O2/c1-11(5-8-16-7-4-6-13-16)14-12(17)15(2)9-10-18-3/h4,6-7,11H,5,8-10H2,1-3H3,(H,14,17). The fourth-order valence-electron chi connectivity index (χ4n) is 1.48. The van der Waals surface area contributed by atoms with E-state index < -0.39 is 0 Å². The van der Waals surface area contributed by atoms with Gasteiger partial charge in [-0.15, -0.1) is 0 Å². The second-order valence-corrected chi connectivity index (χ2v) is 4.32. The van der Waals surface area contributed by atoms with Crippen molar-refractivity contribution in [3.63, 3.8) is 0 Å². The maximum atomic E-state index is 11.8. The number of hydrogen-bond acceptors (Lipinski definition) is 3. The Bertz CT molecular complexity index is 340. The zero-order chi connectivity index (χ0) is 13.4. The number of hydrogen-bond donors (Lipinski definition) is 1. The van der Waals surface area contributed by atoms with Crippen LogP contribution in [0.25, 0.3) is 0 Å². The van der Waals surface area contributed by atoms with Crippen LogP contribution in [0, 0.1) is 0 Å². The van der Waals surface area contributed by atoms with Crippen LogP contribution in [0.3, 0.4) is 0 Å². The summed E-state index contributed by atoms with van der Waals surface area (Å²) in [5, 5.41) is 7.06. The average Bonchev–Trinajstić information content (AvgIpc) is 2.86. The fourth-order valence-corrected chi connectivity index (χ4v) is 1.48. The van der Waals surface area contributed by atoms with Crippen molar-refractivity contribution in [2.24, 2.45) is 0 Å². The summed E-state index contributed by atoms with van der Waals surface area (Å²) < 4.78 is 6.79. The number of aryl methyl sites for hydroxylation is 1. The van der Waals surface area contributed by atoms with Crippen molar-refractivity contribution in [1.82, 2.24) is 20.0 Å². The molecule has 102 valence electrons. The van der Waals surface area contributed by atoms with Crippen molar-refractivity contribution in [3.05, 3.63) is 18.5 Å². The number of methoxy groups -OCH3 is 1. The topological polar surface area (TPSA) is 59.4 Å². The number of carbonyl (C=O) groups is 1. The van der Waals surface area contributed by atoms with Crippen LogP contribution in [0.1, 0.15) is 13.3 Å². The van der Waals surface area contributed by atoms with Gasteiger partial charge < -0.3 is 15.0 Å². The van der Waals surface area contributed by atoms with E-state index in [2.05, 4.69) is 10.4 Å². The van der Waals surface area contributed by atoms with E-state index in [-0.39, 0.29) is 12.1 Å². The van der Waals surface area contributed by atoms with Crippen molar-refractivity contribution in [2.45, 2.75) is 25.9 Å². The highest BCUT2D eigenvalue weighted by Crippen LogP contribution is 1.96. The summed E-state index contributed by atoms with van der Waals surface area (Å²) in [5.41, 5.74) is 0. The van der Waals surface area contributed by atoms with Crippen molar-refractivity contribution in [2.75, 3.05) is 27.3 Å². The second kappa shape index (κ2) is 7.71. The highest BCUT2D eigenvalue weighted by Gasteiger charge is 2.11. The molecule has 1 heterocycles. The van der Waals surface area contributed by atoms with Gasteiger partial charge in [-0.05, 0) is 19.4 Å². The molecule has 6 heteroatoms. The molecule has 0 aromatic carbocycles. The smallest absolute Gasteiger partial charge is 0.317 e. The molecule has 0 aliphatic rings. The molecule has 1 rings (SSSR count). The molecule has 0 radical (unpaired) electrons. The lowest BCUT2D eigenvalue weighted by Gasteiger charge is -2.21. The maximum absolute atomic E-state index is 11.8. The molecular weight excluding hydrogens is 232 g/mol. The zero-order valence-electron chi connectivity index (χ0n) is 11.3. The molecule has 1 atom stereocenters. The van der Waals surface area contributed by atoms with Crippen molar-refractivity contribution in [1.29, 1.82) is 0 Å². The van der Waals surface area contributed by atoms with Crippen LogP contribution < -0.4 is 5.32 Å². The van der Waals surface area contributed by atoms with Gasteiger partial charge in [-0.25, -0.2) is 4.79 Å². The average molecular weight is 254 g/mol. The Kier molecular flexibility index (Phi) is 6.21. The first kappa shape index (κ1) is 14.5. The lowest BCUT2D eigenvalue weighted by atomic mass is 10.2. The Morgan fingerprint density at radius 2 is 2.39 bits per heavy atom. The molecule has 0 saturated carbocycles. The van der Waals surface area contributed by atoms with Gasteiger partial charge in [0.25, 0.3) is 0 Å². The fraction of sp³-hybridized carbons (Fsp3) is 0.667. The number of urea groups is 1. The van der Waals surface area contributed by atoms with Crippen LogP contribution in [-0.4, -0.2) is 54.1 Å². The summed E-state index contributed by atoms with van der Waals surface area (Å²) in [7, 11) is 3.38. The van der Waals surface area contributed by atoms with Gasteiger partial charge in [-0.3, -0.25) is 4.68 Å². The molecule has 1 aromatic rings. The van der Waals surface area contributed by atoms with E-state index in [9.17, 15) is 4.79 Å². The van der Waals surface area contributed by atoms with Gasteiger partial charge in [0.2, 0.25) is 0 Å². The van der Waals surface area contributed by atoms with E-state index >= 15 is 0 Å². The Balaban J connectivity index is 2.22. The minimum absolute atomic E-state index is 0.0694. The van der Waals surface area contributed by atoms with E-state index in [1.54, 1.807) is 25.3 Å². The number of carbonyl (C=O) groups excluding carboxylic acids is 1. The normalized spacial score (nSPS) is 12.2. The minimum Gasteiger partial charge on any atom is -0.383 e. The molecule has 0 fully saturated rings. The van der Waals surface area contributed by atoms with Gasteiger partial charge in [0.05, 0.1) is 6.61 Å². The Labute approximate surface area is 108 Å². The third-order valence-electron chi connectivity index (χ3n) is 2.70. The molecule has 18 heavy (non-hydrogen) atoms. The quantitative estimate of drug-likeness (QED) is 0.788. The number of rotatable bonds is 7. The number of nitrogens with one attached hydrogen (secondary N) is 1. The minimum atomic E-state index is -0.0694. The Morgan fingerprint density at radius 1 is 1.61 bits per heavy atom. The summed E-state index contributed by atoms with van der Waals surface area (Å²) in [6.45, 7) is 3.93. The van der Waals surface area contributed by atoms with Crippen LogP contribution >= 0.6 is 0 Å². The summed E-state index contributed by atoms with van der Waals surface area (Å²) in [6.07, 6.45) is 4.52. The molecular formula is C12H22N4O2. The molecule has 1 unspecified atom stereocenters.